The van der Waals surface area contributed by atoms with Gasteiger partial charge in [0.1, 0.15) is 5.69 Å². The number of aromatic nitrogens is 1. The van der Waals surface area contributed by atoms with Crippen LogP contribution in [0.1, 0.15) is 35.6 Å². The minimum absolute atomic E-state index is 0.0108. The fraction of sp³-hybridized carbons (Fsp3) is 0.353. The molecule has 0 saturated carbocycles. The molecule has 3 nitrogen and oxygen atoms in total. The highest BCUT2D eigenvalue weighted by molar-refractivity contribution is 6.42. The molecular weight excluding hydrogens is 319 g/mol. The molecule has 5 heteroatoms. The Morgan fingerprint density at radius 2 is 1.86 bits per heavy atom. The lowest BCUT2D eigenvalue weighted by atomic mass is 10.1. The SMILES string of the molecule is Cc1ccc(C(=O)N(Cc2ccc(Cl)c(Cl)c2)C(C)C)n1C. The van der Waals surface area contributed by atoms with Gasteiger partial charge in [-0.2, -0.15) is 0 Å². The van der Waals surface area contributed by atoms with Crippen LogP contribution in [0, 0.1) is 6.92 Å². The molecule has 1 amide bonds. The number of aryl methyl sites for hydroxylation is 1. The van der Waals surface area contributed by atoms with E-state index in [-0.39, 0.29) is 11.9 Å². The van der Waals surface area contributed by atoms with Crippen molar-refractivity contribution in [3.05, 3.63) is 57.3 Å². The lowest BCUT2D eigenvalue weighted by molar-refractivity contribution is 0.0680. The van der Waals surface area contributed by atoms with Gasteiger partial charge in [0.05, 0.1) is 10.0 Å². The standard InChI is InChI=1S/C17H20Cl2N2O/c1-11(2)21(10-13-6-7-14(18)15(19)9-13)17(22)16-8-5-12(3)20(16)4/h5-9,11H,10H2,1-4H3. The summed E-state index contributed by atoms with van der Waals surface area (Å²) in [6.07, 6.45) is 0. The third-order valence-electron chi connectivity index (χ3n) is 3.81. The molecule has 118 valence electrons. The molecule has 2 rings (SSSR count). The number of halogens is 2. The quantitative estimate of drug-likeness (QED) is 0.793. The molecule has 0 aliphatic heterocycles. The second-order valence-corrected chi connectivity index (χ2v) is 6.51. The Labute approximate surface area is 141 Å². The first kappa shape index (κ1) is 16.9. The summed E-state index contributed by atoms with van der Waals surface area (Å²) in [7, 11) is 1.90. The molecule has 0 bridgehead atoms. The van der Waals surface area contributed by atoms with Gasteiger partial charge in [0.2, 0.25) is 0 Å². The Hall–Kier alpha value is -1.45. The lowest BCUT2D eigenvalue weighted by Crippen LogP contribution is -2.37. The second kappa shape index (κ2) is 6.76. The molecule has 0 saturated heterocycles. The van der Waals surface area contributed by atoms with E-state index in [0.717, 1.165) is 11.3 Å². The normalized spacial score (nSPS) is 11.0. The Balaban J connectivity index is 2.28. The highest BCUT2D eigenvalue weighted by atomic mass is 35.5. The highest BCUT2D eigenvalue weighted by Gasteiger charge is 2.22. The molecule has 0 atom stereocenters. The summed E-state index contributed by atoms with van der Waals surface area (Å²) >= 11 is 12.0. The number of benzene rings is 1. The first-order chi connectivity index (χ1) is 10.3. The van der Waals surface area contributed by atoms with E-state index in [9.17, 15) is 4.79 Å². The summed E-state index contributed by atoms with van der Waals surface area (Å²) in [6, 6.07) is 9.36. The molecule has 0 aliphatic rings. The Kier molecular flexibility index (Phi) is 5.20. The molecule has 22 heavy (non-hydrogen) atoms. The van der Waals surface area contributed by atoms with Gasteiger partial charge in [0.15, 0.2) is 0 Å². The predicted molar refractivity (Wildman–Crippen MR) is 91.6 cm³/mol. The van der Waals surface area contributed by atoms with Gasteiger partial charge >= 0.3 is 0 Å². The molecule has 0 N–H and O–H groups in total. The molecule has 0 radical (unpaired) electrons. The van der Waals surface area contributed by atoms with Crippen LogP contribution < -0.4 is 0 Å². The minimum Gasteiger partial charge on any atom is -0.344 e. The van der Waals surface area contributed by atoms with Crippen LogP contribution in [0.15, 0.2) is 30.3 Å². The lowest BCUT2D eigenvalue weighted by Gasteiger charge is -2.27. The first-order valence-electron chi connectivity index (χ1n) is 7.18. The Morgan fingerprint density at radius 1 is 1.18 bits per heavy atom. The summed E-state index contributed by atoms with van der Waals surface area (Å²) in [4.78, 5) is 14.7. The van der Waals surface area contributed by atoms with Crippen LogP contribution in [-0.2, 0) is 13.6 Å². The maximum absolute atomic E-state index is 12.8. The van der Waals surface area contributed by atoms with Crippen molar-refractivity contribution in [2.75, 3.05) is 0 Å². The van der Waals surface area contributed by atoms with Gasteiger partial charge in [-0.15, -0.1) is 0 Å². The first-order valence-corrected chi connectivity index (χ1v) is 7.94. The van der Waals surface area contributed by atoms with Crippen LogP contribution in [0.5, 0.6) is 0 Å². The maximum Gasteiger partial charge on any atom is 0.271 e. The monoisotopic (exact) mass is 338 g/mol. The molecule has 1 aromatic heterocycles. The third kappa shape index (κ3) is 3.47. The average Bonchev–Trinajstić information content (AvgIpc) is 2.79. The highest BCUT2D eigenvalue weighted by Crippen LogP contribution is 2.24. The molecule has 2 aromatic rings. The number of amides is 1. The zero-order valence-corrected chi connectivity index (χ0v) is 14.7. The van der Waals surface area contributed by atoms with Crippen molar-refractivity contribution in [1.29, 1.82) is 0 Å². The van der Waals surface area contributed by atoms with Crippen LogP contribution in [-0.4, -0.2) is 21.4 Å². The van der Waals surface area contributed by atoms with Gasteiger partial charge in [-0.3, -0.25) is 4.79 Å². The van der Waals surface area contributed by atoms with Gasteiger partial charge < -0.3 is 9.47 Å². The van der Waals surface area contributed by atoms with Gasteiger partial charge in [-0.1, -0.05) is 29.3 Å². The number of nitrogens with zero attached hydrogens (tertiary/aromatic N) is 2. The zero-order valence-electron chi connectivity index (χ0n) is 13.2. The van der Waals surface area contributed by atoms with E-state index >= 15 is 0 Å². The van der Waals surface area contributed by atoms with Crippen molar-refractivity contribution in [2.45, 2.75) is 33.4 Å². The maximum atomic E-state index is 12.8. The van der Waals surface area contributed by atoms with Gasteiger partial charge in [-0.25, -0.2) is 0 Å². The molecule has 0 aliphatic carbocycles. The fourth-order valence-electron chi connectivity index (χ4n) is 2.30. The molecule has 1 heterocycles. The number of hydrogen-bond donors (Lipinski definition) is 0. The van der Waals surface area contributed by atoms with Crippen molar-refractivity contribution in [3.8, 4) is 0 Å². The Morgan fingerprint density at radius 3 is 2.36 bits per heavy atom. The van der Waals surface area contributed by atoms with Crippen molar-refractivity contribution in [1.82, 2.24) is 9.47 Å². The van der Waals surface area contributed by atoms with E-state index in [4.69, 9.17) is 23.2 Å². The van der Waals surface area contributed by atoms with E-state index in [1.165, 1.54) is 0 Å². The zero-order chi connectivity index (χ0) is 16.4. The molecule has 0 fully saturated rings. The van der Waals surface area contributed by atoms with Crippen molar-refractivity contribution in [3.63, 3.8) is 0 Å². The van der Waals surface area contributed by atoms with Crippen molar-refractivity contribution < 1.29 is 4.79 Å². The number of rotatable bonds is 4. The van der Waals surface area contributed by atoms with Crippen LogP contribution >= 0.6 is 23.2 Å². The van der Waals surface area contributed by atoms with Crippen LogP contribution in [0.3, 0.4) is 0 Å². The summed E-state index contributed by atoms with van der Waals surface area (Å²) in [6.45, 7) is 6.49. The van der Waals surface area contributed by atoms with E-state index in [1.54, 1.807) is 6.07 Å². The molecule has 0 unspecified atom stereocenters. The second-order valence-electron chi connectivity index (χ2n) is 5.69. The minimum atomic E-state index is 0.0108. The average molecular weight is 339 g/mol. The van der Waals surface area contributed by atoms with Crippen molar-refractivity contribution in [2.24, 2.45) is 7.05 Å². The summed E-state index contributed by atoms with van der Waals surface area (Å²) in [5.74, 6) is 0.0108. The number of carbonyl (C=O) groups excluding carboxylic acids is 1. The van der Waals surface area contributed by atoms with Crippen LogP contribution in [0.4, 0.5) is 0 Å². The van der Waals surface area contributed by atoms with Gasteiger partial charge in [0, 0.05) is 25.3 Å². The van der Waals surface area contributed by atoms with E-state index in [0.29, 0.717) is 22.3 Å². The van der Waals surface area contributed by atoms with E-state index in [2.05, 4.69) is 0 Å². The summed E-state index contributed by atoms with van der Waals surface area (Å²) < 4.78 is 1.91. The van der Waals surface area contributed by atoms with E-state index < -0.39 is 0 Å². The fourth-order valence-corrected chi connectivity index (χ4v) is 2.62. The third-order valence-corrected chi connectivity index (χ3v) is 4.55. The smallest absolute Gasteiger partial charge is 0.271 e. The van der Waals surface area contributed by atoms with E-state index in [1.807, 2.05) is 61.6 Å². The van der Waals surface area contributed by atoms with Crippen LogP contribution in [0.25, 0.3) is 0 Å². The number of carbonyl (C=O) groups is 1. The molecule has 0 spiro atoms. The number of hydrogen-bond acceptors (Lipinski definition) is 1. The van der Waals surface area contributed by atoms with Gasteiger partial charge in [0.25, 0.3) is 5.91 Å². The topological polar surface area (TPSA) is 25.2 Å². The van der Waals surface area contributed by atoms with Gasteiger partial charge in [-0.05, 0) is 50.6 Å². The largest absolute Gasteiger partial charge is 0.344 e. The Bertz CT molecular complexity index is 692. The van der Waals surface area contributed by atoms with Crippen molar-refractivity contribution >= 4 is 29.1 Å². The summed E-state index contributed by atoms with van der Waals surface area (Å²) in [5, 5.41) is 1.02. The molecular formula is C17H20Cl2N2O. The predicted octanol–water partition coefficient (Wildman–Crippen LogP) is 4.69. The molecule has 1 aromatic carbocycles. The van der Waals surface area contributed by atoms with Crippen LogP contribution in [0.2, 0.25) is 10.0 Å². The summed E-state index contributed by atoms with van der Waals surface area (Å²) in [5.41, 5.74) is 2.70.